The van der Waals surface area contributed by atoms with E-state index < -0.39 is 10.0 Å². The van der Waals surface area contributed by atoms with E-state index in [1.54, 1.807) is 32.4 Å². The van der Waals surface area contributed by atoms with Crippen molar-refractivity contribution in [2.45, 2.75) is 44.6 Å². The number of rotatable bonds is 9. The van der Waals surface area contributed by atoms with Crippen molar-refractivity contribution in [2.24, 2.45) is 5.92 Å². The number of carbonyl (C=O) groups excluding carboxylic acids is 1. The lowest BCUT2D eigenvalue weighted by atomic mass is 9.96. The highest BCUT2D eigenvalue weighted by Gasteiger charge is 2.32. The Morgan fingerprint density at radius 1 is 1.06 bits per heavy atom. The van der Waals surface area contributed by atoms with E-state index >= 15 is 0 Å². The number of benzene rings is 2. The molecule has 2 aromatic rings. The van der Waals surface area contributed by atoms with Crippen molar-refractivity contribution in [3.63, 3.8) is 0 Å². The highest BCUT2D eigenvalue weighted by Crippen LogP contribution is 2.31. The van der Waals surface area contributed by atoms with Gasteiger partial charge in [0.05, 0.1) is 31.8 Å². The maximum absolute atomic E-state index is 13.1. The van der Waals surface area contributed by atoms with E-state index in [0.717, 1.165) is 11.1 Å². The number of methoxy groups -OCH3 is 2. The van der Waals surface area contributed by atoms with Crippen LogP contribution in [0.3, 0.4) is 0 Å². The molecule has 1 atom stereocenters. The molecule has 1 aliphatic rings. The number of amides is 1. The molecule has 0 radical (unpaired) electrons. The number of sulfonamides is 1. The van der Waals surface area contributed by atoms with Gasteiger partial charge in [0, 0.05) is 19.0 Å². The SMILES string of the molecule is CCOc1ccc(S(=O)(=O)N2CCC(C(=O)NC(C)c3ccc(OC)c(OC)c3)CC2)cc1C. The molecule has 1 unspecified atom stereocenters. The molecular weight excluding hydrogens is 456 g/mol. The lowest BCUT2D eigenvalue weighted by Crippen LogP contribution is -2.43. The maximum atomic E-state index is 13.1. The van der Waals surface area contributed by atoms with Crippen LogP contribution in [0.2, 0.25) is 0 Å². The topological polar surface area (TPSA) is 94.2 Å². The van der Waals surface area contributed by atoms with Gasteiger partial charge in [0.1, 0.15) is 5.75 Å². The Morgan fingerprint density at radius 3 is 2.29 bits per heavy atom. The molecule has 8 nitrogen and oxygen atoms in total. The largest absolute Gasteiger partial charge is 0.494 e. The summed E-state index contributed by atoms with van der Waals surface area (Å²) >= 11 is 0. The Bertz CT molecular complexity index is 1110. The monoisotopic (exact) mass is 490 g/mol. The van der Waals surface area contributed by atoms with Gasteiger partial charge in [0.15, 0.2) is 11.5 Å². The smallest absolute Gasteiger partial charge is 0.243 e. The first-order valence-electron chi connectivity index (χ1n) is 11.5. The molecule has 1 amide bonds. The summed E-state index contributed by atoms with van der Waals surface area (Å²) in [4.78, 5) is 13.1. The first-order valence-corrected chi connectivity index (χ1v) is 12.9. The fraction of sp³-hybridized carbons (Fsp3) is 0.480. The van der Waals surface area contributed by atoms with E-state index in [-0.39, 0.29) is 22.8 Å². The van der Waals surface area contributed by atoms with Gasteiger partial charge in [-0.1, -0.05) is 6.07 Å². The van der Waals surface area contributed by atoms with E-state index in [0.29, 0.717) is 49.8 Å². The zero-order valence-electron chi connectivity index (χ0n) is 20.5. The summed E-state index contributed by atoms with van der Waals surface area (Å²) in [6, 6.07) is 10.2. The second-order valence-electron chi connectivity index (χ2n) is 8.38. The van der Waals surface area contributed by atoms with Gasteiger partial charge in [0.2, 0.25) is 15.9 Å². The highest BCUT2D eigenvalue weighted by molar-refractivity contribution is 7.89. The number of ether oxygens (including phenoxy) is 3. The van der Waals surface area contributed by atoms with Crippen molar-refractivity contribution >= 4 is 15.9 Å². The van der Waals surface area contributed by atoms with Crippen molar-refractivity contribution in [1.29, 1.82) is 0 Å². The van der Waals surface area contributed by atoms with E-state index in [1.807, 2.05) is 39.0 Å². The zero-order chi connectivity index (χ0) is 24.9. The minimum Gasteiger partial charge on any atom is -0.494 e. The number of aryl methyl sites for hydroxylation is 1. The van der Waals surface area contributed by atoms with Crippen LogP contribution in [0.4, 0.5) is 0 Å². The molecule has 9 heteroatoms. The lowest BCUT2D eigenvalue weighted by Gasteiger charge is -2.31. The van der Waals surface area contributed by atoms with Crippen molar-refractivity contribution in [2.75, 3.05) is 33.9 Å². The van der Waals surface area contributed by atoms with Crippen LogP contribution in [-0.2, 0) is 14.8 Å². The van der Waals surface area contributed by atoms with E-state index in [1.165, 1.54) is 4.31 Å². The molecule has 186 valence electrons. The quantitative estimate of drug-likeness (QED) is 0.576. The Labute approximate surface area is 202 Å². The summed E-state index contributed by atoms with van der Waals surface area (Å²) in [6.07, 6.45) is 0.944. The number of hydrogen-bond donors (Lipinski definition) is 1. The normalized spacial score (nSPS) is 16.0. The van der Waals surface area contributed by atoms with Crippen LogP contribution in [-0.4, -0.2) is 52.5 Å². The molecule has 1 N–H and O–H groups in total. The summed E-state index contributed by atoms with van der Waals surface area (Å²) in [5.74, 6) is 1.60. The predicted molar refractivity (Wildman–Crippen MR) is 130 cm³/mol. The molecule has 1 saturated heterocycles. The average Bonchev–Trinajstić information content (AvgIpc) is 2.84. The van der Waals surface area contributed by atoms with Crippen molar-refractivity contribution < 1.29 is 27.4 Å². The number of hydrogen-bond acceptors (Lipinski definition) is 6. The van der Waals surface area contributed by atoms with Crippen molar-refractivity contribution in [3.05, 3.63) is 47.5 Å². The van der Waals surface area contributed by atoms with Gasteiger partial charge in [-0.05, 0) is 75.1 Å². The van der Waals surface area contributed by atoms with Crippen LogP contribution in [0.5, 0.6) is 17.2 Å². The van der Waals surface area contributed by atoms with Gasteiger partial charge >= 0.3 is 0 Å². The standard InChI is InChI=1S/C25H34N2O6S/c1-6-33-22-10-8-21(15-17(22)2)34(29,30)27-13-11-19(12-14-27)25(28)26-18(3)20-7-9-23(31-4)24(16-20)32-5/h7-10,15-16,18-19H,6,11-14H2,1-5H3,(H,26,28). The predicted octanol–water partition coefficient (Wildman–Crippen LogP) is 3.69. The first kappa shape index (κ1) is 25.8. The molecule has 34 heavy (non-hydrogen) atoms. The summed E-state index contributed by atoms with van der Waals surface area (Å²) in [7, 11) is -0.479. The van der Waals surface area contributed by atoms with Crippen molar-refractivity contribution in [3.8, 4) is 17.2 Å². The van der Waals surface area contributed by atoms with E-state index in [4.69, 9.17) is 14.2 Å². The lowest BCUT2D eigenvalue weighted by molar-refractivity contribution is -0.126. The summed E-state index contributed by atoms with van der Waals surface area (Å²) in [5, 5.41) is 3.05. The number of piperidine rings is 1. The molecule has 1 aliphatic heterocycles. The van der Waals surface area contributed by atoms with Gasteiger partial charge in [-0.15, -0.1) is 0 Å². The number of carbonyl (C=O) groups is 1. The third-order valence-corrected chi connectivity index (χ3v) is 8.07. The second-order valence-corrected chi connectivity index (χ2v) is 10.3. The van der Waals surface area contributed by atoms with Crippen LogP contribution in [0.15, 0.2) is 41.3 Å². The zero-order valence-corrected chi connectivity index (χ0v) is 21.3. The van der Waals surface area contributed by atoms with Crippen LogP contribution in [0.1, 0.15) is 43.9 Å². The molecule has 2 aromatic carbocycles. The maximum Gasteiger partial charge on any atom is 0.243 e. The van der Waals surface area contributed by atoms with Gasteiger partial charge in [-0.25, -0.2) is 8.42 Å². The number of nitrogens with zero attached hydrogens (tertiary/aromatic N) is 1. The van der Waals surface area contributed by atoms with Crippen LogP contribution in [0, 0.1) is 12.8 Å². The van der Waals surface area contributed by atoms with E-state index in [9.17, 15) is 13.2 Å². The van der Waals surface area contributed by atoms with Crippen LogP contribution >= 0.6 is 0 Å². The Morgan fingerprint density at radius 2 is 1.71 bits per heavy atom. The fourth-order valence-corrected chi connectivity index (χ4v) is 5.70. The first-order chi connectivity index (χ1) is 16.2. The fourth-order valence-electron chi connectivity index (χ4n) is 4.14. The average molecular weight is 491 g/mol. The van der Waals surface area contributed by atoms with Gasteiger partial charge in [-0.3, -0.25) is 4.79 Å². The van der Waals surface area contributed by atoms with Crippen molar-refractivity contribution in [1.82, 2.24) is 9.62 Å². The summed E-state index contributed by atoms with van der Waals surface area (Å²) < 4.78 is 43.8. The van der Waals surface area contributed by atoms with Gasteiger partial charge < -0.3 is 19.5 Å². The summed E-state index contributed by atoms with van der Waals surface area (Å²) in [5.41, 5.74) is 1.68. The molecule has 0 saturated carbocycles. The minimum absolute atomic E-state index is 0.0729. The molecule has 3 rings (SSSR count). The molecule has 0 aliphatic carbocycles. The highest BCUT2D eigenvalue weighted by atomic mass is 32.2. The van der Waals surface area contributed by atoms with Gasteiger partial charge in [0.25, 0.3) is 0 Å². The van der Waals surface area contributed by atoms with E-state index in [2.05, 4.69) is 5.32 Å². The molecule has 1 fully saturated rings. The summed E-state index contributed by atoms with van der Waals surface area (Å²) in [6.45, 7) is 6.76. The Kier molecular flexibility index (Phi) is 8.43. The second kappa shape index (κ2) is 11.1. The third kappa shape index (κ3) is 5.64. The van der Waals surface area contributed by atoms with Crippen LogP contribution < -0.4 is 19.5 Å². The Balaban J connectivity index is 1.60. The molecular formula is C25H34N2O6S. The number of nitrogens with one attached hydrogen (secondary N) is 1. The molecule has 0 bridgehead atoms. The molecule has 0 aromatic heterocycles. The Hall–Kier alpha value is -2.78. The molecule has 0 spiro atoms. The molecule has 1 heterocycles. The minimum atomic E-state index is -3.63. The van der Waals surface area contributed by atoms with Gasteiger partial charge in [-0.2, -0.15) is 4.31 Å². The third-order valence-electron chi connectivity index (χ3n) is 6.18. The van der Waals surface area contributed by atoms with Crippen LogP contribution in [0.25, 0.3) is 0 Å².